The van der Waals surface area contributed by atoms with Crippen LogP contribution in [-0.2, 0) is 4.74 Å². The lowest BCUT2D eigenvalue weighted by Gasteiger charge is -2.39. The Bertz CT molecular complexity index is 551. The molecule has 2 atom stereocenters. The molecule has 1 aliphatic rings. The fourth-order valence-corrected chi connectivity index (χ4v) is 2.40. The van der Waals surface area contributed by atoms with Gasteiger partial charge in [-0.1, -0.05) is 0 Å². The molecule has 1 fully saturated rings. The number of Topliss-reactive ketones (excluding diaryl/α,β-unsaturated/α-hetero) is 1. The fourth-order valence-electron chi connectivity index (χ4n) is 2.40. The second-order valence-corrected chi connectivity index (χ2v) is 5.04. The number of hydrogen-bond donors (Lipinski definition) is 1. The van der Waals surface area contributed by atoms with Gasteiger partial charge in [0.25, 0.3) is 0 Å². The molecule has 0 bridgehead atoms. The standard InChI is InChI=1S/C15H18N2O3/c1-10-9-20-13(8-18)7-17(10)15-5-12(6-16)3-4-14(15)11(2)19/h3-5,10,13,18H,7-9H2,1-2H3. The molecule has 20 heavy (non-hydrogen) atoms. The zero-order valence-electron chi connectivity index (χ0n) is 11.7. The molecule has 1 aromatic carbocycles. The summed E-state index contributed by atoms with van der Waals surface area (Å²) in [7, 11) is 0. The third kappa shape index (κ3) is 2.82. The number of aliphatic hydroxyl groups excluding tert-OH is 1. The molecule has 2 rings (SSSR count). The van der Waals surface area contributed by atoms with Crippen molar-refractivity contribution in [3.8, 4) is 6.07 Å². The summed E-state index contributed by atoms with van der Waals surface area (Å²) in [5.41, 5.74) is 1.85. The number of benzene rings is 1. The van der Waals surface area contributed by atoms with Gasteiger partial charge in [-0.15, -0.1) is 0 Å². The molecule has 0 radical (unpaired) electrons. The number of hydrogen-bond acceptors (Lipinski definition) is 5. The smallest absolute Gasteiger partial charge is 0.161 e. The van der Waals surface area contributed by atoms with E-state index in [0.29, 0.717) is 24.3 Å². The number of carbonyl (C=O) groups is 1. The van der Waals surface area contributed by atoms with E-state index >= 15 is 0 Å². The molecule has 1 heterocycles. The van der Waals surface area contributed by atoms with Crippen LogP contribution in [0.1, 0.15) is 29.8 Å². The Hall–Kier alpha value is -1.90. The van der Waals surface area contributed by atoms with Crippen LogP contribution in [0.25, 0.3) is 0 Å². The number of anilines is 1. The highest BCUT2D eigenvalue weighted by Gasteiger charge is 2.28. The fraction of sp³-hybridized carbons (Fsp3) is 0.467. The summed E-state index contributed by atoms with van der Waals surface area (Å²) in [4.78, 5) is 13.8. The van der Waals surface area contributed by atoms with E-state index in [0.717, 1.165) is 5.69 Å². The van der Waals surface area contributed by atoms with Crippen molar-refractivity contribution >= 4 is 11.5 Å². The van der Waals surface area contributed by atoms with Gasteiger partial charge in [0, 0.05) is 23.8 Å². The van der Waals surface area contributed by atoms with E-state index in [4.69, 9.17) is 10.00 Å². The molecular weight excluding hydrogens is 256 g/mol. The van der Waals surface area contributed by atoms with Crippen molar-refractivity contribution in [2.45, 2.75) is 26.0 Å². The maximum Gasteiger partial charge on any atom is 0.161 e. The van der Waals surface area contributed by atoms with E-state index in [1.54, 1.807) is 18.2 Å². The van der Waals surface area contributed by atoms with Crippen molar-refractivity contribution in [2.75, 3.05) is 24.7 Å². The van der Waals surface area contributed by atoms with Crippen LogP contribution in [0.15, 0.2) is 18.2 Å². The van der Waals surface area contributed by atoms with Gasteiger partial charge in [-0.3, -0.25) is 4.79 Å². The minimum absolute atomic E-state index is 0.0382. The molecule has 5 heteroatoms. The lowest BCUT2D eigenvalue weighted by molar-refractivity contribution is -0.0103. The summed E-state index contributed by atoms with van der Waals surface area (Å²) >= 11 is 0. The minimum Gasteiger partial charge on any atom is -0.394 e. The predicted octanol–water partition coefficient (Wildman–Crippen LogP) is 1.35. The summed E-state index contributed by atoms with van der Waals surface area (Å²) in [6.45, 7) is 4.44. The third-order valence-electron chi connectivity index (χ3n) is 3.52. The van der Waals surface area contributed by atoms with Crippen LogP contribution in [0, 0.1) is 11.3 Å². The van der Waals surface area contributed by atoms with E-state index in [1.165, 1.54) is 6.92 Å². The lowest BCUT2D eigenvalue weighted by atomic mass is 10.0. The maximum atomic E-state index is 11.8. The predicted molar refractivity (Wildman–Crippen MR) is 74.8 cm³/mol. The molecule has 1 aromatic rings. The molecule has 0 aliphatic carbocycles. The third-order valence-corrected chi connectivity index (χ3v) is 3.52. The maximum absolute atomic E-state index is 11.8. The number of morpholine rings is 1. The Morgan fingerprint density at radius 2 is 2.35 bits per heavy atom. The van der Waals surface area contributed by atoms with Crippen LogP contribution < -0.4 is 4.90 Å². The highest BCUT2D eigenvalue weighted by atomic mass is 16.5. The molecule has 0 aromatic heterocycles. The quantitative estimate of drug-likeness (QED) is 0.842. The molecule has 5 nitrogen and oxygen atoms in total. The number of nitrogens with zero attached hydrogens (tertiary/aromatic N) is 2. The first-order chi connectivity index (χ1) is 9.56. The van der Waals surface area contributed by atoms with Gasteiger partial charge in [-0.05, 0) is 32.0 Å². The normalized spacial score (nSPS) is 22.4. The number of rotatable bonds is 3. The van der Waals surface area contributed by atoms with Crippen molar-refractivity contribution in [1.29, 1.82) is 5.26 Å². The molecular formula is C15H18N2O3. The number of ketones is 1. The van der Waals surface area contributed by atoms with Gasteiger partial charge in [0.2, 0.25) is 0 Å². The van der Waals surface area contributed by atoms with E-state index in [9.17, 15) is 9.90 Å². The van der Waals surface area contributed by atoms with Crippen LogP contribution in [0.3, 0.4) is 0 Å². The molecule has 0 saturated carbocycles. The van der Waals surface area contributed by atoms with Crippen LogP contribution in [0.4, 0.5) is 5.69 Å². The van der Waals surface area contributed by atoms with E-state index in [2.05, 4.69) is 6.07 Å². The first-order valence-electron chi connectivity index (χ1n) is 6.61. The zero-order valence-corrected chi connectivity index (χ0v) is 11.7. The van der Waals surface area contributed by atoms with Crippen molar-refractivity contribution < 1.29 is 14.6 Å². The lowest BCUT2D eigenvalue weighted by Crippen LogP contribution is -2.50. The molecule has 1 saturated heterocycles. The number of aliphatic hydroxyl groups is 1. The SMILES string of the molecule is CC(=O)c1ccc(C#N)cc1N1CC(CO)OCC1C. The van der Waals surface area contributed by atoms with Gasteiger partial charge < -0.3 is 14.7 Å². The summed E-state index contributed by atoms with van der Waals surface area (Å²) in [6.07, 6.45) is -0.267. The monoisotopic (exact) mass is 274 g/mol. The number of carbonyl (C=O) groups excluding carboxylic acids is 1. The topological polar surface area (TPSA) is 73.6 Å². The van der Waals surface area contributed by atoms with Crippen LogP contribution in [0.2, 0.25) is 0 Å². The first kappa shape index (κ1) is 14.5. The van der Waals surface area contributed by atoms with E-state index in [-0.39, 0.29) is 24.5 Å². The Morgan fingerprint density at radius 3 is 2.95 bits per heavy atom. The van der Waals surface area contributed by atoms with Crippen LogP contribution in [-0.4, -0.2) is 42.8 Å². The average Bonchev–Trinajstić information content (AvgIpc) is 2.47. The Kier molecular flexibility index (Phi) is 4.38. The first-order valence-corrected chi connectivity index (χ1v) is 6.61. The highest BCUT2D eigenvalue weighted by Crippen LogP contribution is 2.27. The number of nitriles is 1. The van der Waals surface area contributed by atoms with Gasteiger partial charge in [0.1, 0.15) is 0 Å². The second kappa shape index (κ2) is 6.04. The largest absolute Gasteiger partial charge is 0.394 e. The average molecular weight is 274 g/mol. The molecule has 1 N–H and O–H groups in total. The Balaban J connectivity index is 2.43. The molecule has 0 amide bonds. The summed E-state index contributed by atoms with van der Waals surface area (Å²) in [5.74, 6) is -0.0382. The molecule has 106 valence electrons. The second-order valence-electron chi connectivity index (χ2n) is 5.04. The molecule has 2 unspecified atom stereocenters. The Morgan fingerprint density at radius 1 is 1.60 bits per heavy atom. The van der Waals surface area contributed by atoms with Gasteiger partial charge in [0.05, 0.1) is 31.0 Å². The molecule has 1 aliphatic heterocycles. The van der Waals surface area contributed by atoms with Gasteiger partial charge in [0.15, 0.2) is 5.78 Å². The molecule has 0 spiro atoms. The van der Waals surface area contributed by atoms with Crippen molar-refractivity contribution in [3.05, 3.63) is 29.3 Å². The highest BCUT2D eigenvalue weighted by molar-refractivity contribution is 6.00. The van der Waals surface area contributed by atoms with E-state index in [1.807, 2.05) is 11.8 Å². The Labute approximate surface area is 118 Å². The summed E-state index contributed by atoms with van der Waals surface area (Å²) in [6, 6.07) is 7.25. The van der Waals surface area contributed by atoms with Crippen molar-refractivity contribution in [1.82, 2.24) is 0 Å². The van der Waals surface area contributed by atoms with Crippen LogP contribution in [0.5, 0.6) is 0 Å². The number of ether oxygens (including phenoxy) is 1. The van der Waals surface area contributed by atoms with Crippen molar-refractivity contribution in [2.24, 2.45) is 0 Å². The van der Waals surface area contributed by atoms with E-state index < -0.39 is 0 Å². The van der Waals surface area contributed by atoms with Gasteiger partial charge >= 0.3 is 0 Å². The van der Waals surface area contributed by atoms with Crippen molar-refractivity contribution in [3.63, 3.8) is 0 Å². The van der Waals surface area contributed by atoms with Gasteiger partial charge in [-0.25, -0.2) is 0 Å². The van der Waals surface area contributed by atoms with Crippen LogP contribution >= 0.6 is 0 Å². The van der Waals surface area contributed by atoms with Gasteiger partial charge in [-0.2, -0.15) is 5.26 Å². The summed E-state index contributed by atoms with van der Waals surface area (Å²) in [5, 5.41) is 18.3. The zero-order chi connectivity index (χ0) is 14.7. The summed E-state index contributed by atoms with van der Waals surface area (Å²) < 4.78 is 5.51. The minimum atomic E-state index is -0.267.